The van der Waals surface area contributed by atoms with Crippen LogP contribution in [0.2, 0.25) is 0 Å². The number of carbonyl (C=O) groups is 1. The molecule has 0 saturated heterocycles. The van der Waals surface area contributed by atoms with Gasteiger partial charge in [-0.05, 0) is 42.0 Å². The fourth-order valence-corrected chi connectivity index (χ4v) is 3.00. The van der Waals surface area contributed by atoms with Crippen LogP contribution in [0.3, 0.4) is 0 Å². The second-order valence-corrected chi connectivity index (χ2v) is 5.41. The topological polar surface area (TPSA) is 34.0 Å². The molecule has 0 saturated carbocycles. The molecule has 1 atom stereocenters. The molecule has 1 heterocycles. The van der Waals surface area contributed by atoms with E-state index in [1.807, 2.05) is 24.5 Å². The average Bonchev–Trinajstić information content (AvgIpc) is 3.09. The maximum absolute atomic E-state index is 12.0. The normalized spacial score (nSPS) is 16.9. The van der Waals surface area contributed by atoms with Crippen molar-refractivity contribution >= 4 is 5.91 Å². The lowest BCUT2D eigenvalue weighted by molar-refractivity contribution is -0.121. The van der Waals surface area contributed by atoms with Gasteiger partial charge in [-0.15, -0.1) is 0 Å². The molecule has 104 valence electrons. The molecule has 1 aliphatic rings. The molecule has 0 aliphatic heterocycles. The standard InChI is InChI=1S/C17H20N2O/c20-17(18-9-12-19-10-3-4-11-19)13-15-8-7-14-5-1-2-6-16(14)15/h1-6,10-11,15H,7-9,12-13H2,(H,18,20)/t15-/m0/s1. The van der Waals surface area contributed by atoms with E-state index in [-0.39, 0.29) is 5.91 Å². The third-order valence-electron chi connectivity index (χ3n) is 4.05. The first-order chi connectivity index (χ1) is 9.83. The molecule has 1 aromatic carbocycles. The van der Waals surface area contributed by atoms with Crippen LogP contribution in [0.1, 0.15) is 29.9 Å². The number of fused-ring (bicyclic) bond motifs is 1. The quantitative estimate of drug-likeness (QED) is 0.889. The van der Waals surface area contributed by atoms with E-state index in [0.717, 1.165) is 19.4 Å². The van der Waals surface area contributed by atoms with Gasteiger partial charge in [-0.1, -0.05) is 24.3 Å². The molecule has 1 aromatic heterocycles. The zero-order chi connectivity index (χ0) is 13.8. The number of carbonyl (C=O) groups excluding carboxylic acids is 1. The third-order valence-corrected chi connectivity index (χ3v) is 4.05. The van der Waals surface area contributed by atoms with Gasteiger partial charge in [-0.2, -0.15) is 0 Å². The molecular weight excluding hydrogens is 248 g/mol. The van der Waals surface area contributed by atoms with E-state index in [0.29, 0.717) is 18.9 Å². The highest BCUT2D eigenvalue weighted by molar-refractivity contribution is 5.77. The Hall–Kier alpha value is -2.03. The Morgan fingerprint density at radius 3 is 2.85 bits per heavy atom. The van der Waals surface area contributed by atoms with E-state index < -0.39 is 0 Å². The summed E-state index contributed by atoms with van der Waals surface area (Å²) in [4.78, 5) is 12.0. The summed E-state index contributed by atoms with van der Waals surface area (Å²) in [5.74, 6) is 0.566. The van der Waals surface area contributed by atoms with Crippen molar-refractivity contribution in [2.75, 3.05) is 6.54 Å². The molecule has 1 amide bonds. The summed E-state index contributed by atoms with van der Waals surface area (Å²) in [6.07, 6.45) is 6.85. The van der Waals surface area contributed by atoms with E-state index in [9.17, 15) is 4.79 Å². The monoisotopic (exact) mass is 268 g/mol. The van der Waals surface area contributed by atoms with Gasteiger partial charge in [0, 0.05) is 31.9 Å². The van der Waals surface area contributed by atoms with Crippen molar-refractivity contribution in [2.45, 2.75) is 31.7 Å². The fraction of sp³-hybridized carbons (Fsp3) is 0.353. The largest absolute Gasteiger partial charge is 0.354 e. The maximum Gasteiger partial charge on any atom is 0.220 e. The van der Waals surface area contributed by atoms with Crippen molar-refractivity contribution in [3.63, 3.8) is 0 Å². The van der Waals surface area contributed by atoms with E-state index in [4.69, 9.17) is 0 Å². The van der Waals surface area contributed by atoms with Crippen LogP contribution < -0.4 is 5.32 Å². The van der Waals surface area contributed by atoms with Gasteiger partial charge in [0.15, 0.2) is 0 Å². The first kappa shape index (κ1) is 13.0. The number of nitrogens with zero attached hydrogens (tertiary/aromatic N) is 1. The molecule has 1 aliphatic carbocycles. The van der Waals surface area contributed by atoms with E-state index in [2.05, 4.69) is 34.1 Å². The minimum absolute atomic E-state index is 0.166. The Labute approximate surface area is 119 Å². The second kappa shape index (κ2) is 5.95. The number of benzene rings is 1. The summed E-state index contributed by atoms with van der Waals surface area (Å²) < 4.78 is 2.07. The lowest BCUT2D eigenvalue weighted by atomic mass is 9.97. The van der Waals surface area contributed by atoms with Crippen LogP contribution in [0.15, 0.2) is 48.8 Å². The number of rotatable bonds is 5. The van der Waals surface area contributed by atoms with Gasteiger partial charge in [0.05, 0.1) is 0 Å². The lowest BCUT2D eigenvalue weighted by Crippen LogP contribution is -2.27. The van der Waals surface area contributed by atoms with Crippen LogP contribution in [0.5, 0.6) is 0 Å². The smallest absolute Gasteiger partial charge is 0.220 e. The van der Waals surface area contributed by atoms with Gasteiger partial charge >= 0.3 is 0 Å². The van der Waals surface area contributed by atoms with Crippen LogP contribution in [-0.4, -0.2) is 17.0 Å². The Balaban J connectivity index is 1.48. The summed E-state index contributed by atoms with van der Waals surface area (Å²) in [6, 6.07) is 12.5. The summed E-state index contributed by atoms with van der Waals surface area (Å²) >= 11 is 0. The molecule has 3 heteroatoms. The molecule has 0 radical (unpaired) electrons. The molecule has 0 spiro atoms. The Bertz CT molecular complexity index is 574. The number of aryl methyl sites for hydroxylation is 1. The van der Waals surface area contributed by atoms with Crippen molar-refractivity contribution in [1.82, 2.24) is 9.88 Å². The van der Waals surface area contributed by atoms with Crippen molar-refractivity contribution in [3.05, 3.63) is 59.9 Å². The summed E-state index contributed by atoms with van der Waals surface area (Å²) in [7, 11) is 0. The summed E-state index contributed by atoms with van der Waals surface area (Å²) in [6.45, 7) is 1.53. The van der Waals surface area contributed by atoms with Crippen molar-refractivity contribution < 1.29 is 4.79 Å². The van der Waals surface area contributed by atoms with Gasteiger partial charge < -0.3 is 9.88 Å². The highest BCUT2D eigenvalue weighted by Gasteiger charge is 2.23. The van der Waals surface area contributed by atoms with Crippen LogP contribution in [0.4, 0.5) is 0 Å². The van der Waals surface area contributed by atoms with Crippen LogP contribution in [0, 0.1) is 0 Å². The highest BCUT2D eigenvalue weighted by atomic mass is 16.1. The fourth-order valence-electron chi connectivity index (χ4n) is 3.00. The molecule has 0 fully saturated rings. The van der Waals surface area contributed by atoms with Gasteiger partial charge in [0.1, 0.15) is 0 Å². The van der Waals surface area contributed by atoms with Gasteiger partial charge in [-0.3, -0.25) is 4.79 Å². The molecule has 3 nitrogen and oxygen atoms in total. The molecule has 0 unspecified atom stereocenters. The van der Waals surface area contributed by atoms with Crippen LogP contribution >= 0.6 is 0 Å². The second-order valence-electron chi connectivity index (χ2n) is 5.41. The molecule has 1 N–H and O–H groups in total. The summed E-state index contributed by atoms with van der Waals surface area (Å²) in [5, 5.41) is 3.02. The third kappa shape index (κ3) is 2.93. The zero-order valence-corrected chi connectivity index (χ0v) is 11.6. The van der Waals surface area contributed by atoms with Crippen molar-refractivity contribution in [2.24, 2.45) is 0 Å². The Morgan fingerprint density at radius 2 is 2.00 bits per heavy atom. The first-order valence-electron chi connectivity index (χ1n) is 7.28. The number of nitrogens with one attached hydrogen (secondary N) is 1. The number of amides is 1. The maximum atomic E-state index is 12.0. The van der Waals surface area contributed by atoms with Crippen molar-refractivity contribution in [3.8, 4) is 0 Å². The first-order valence-corrected chi connectivity index (χ1v) is 7.28. The zero-order valence-electron chi connectivity index (χ0n) is 11.6. The lowest BCUT2D eigenvalue weighted by Gasteiger charge is -2.12. The van der Waals surface area contributed by atoms with Crippen molar-refractivity contribution in [1.29, 1.82) is 0 Å². The molecular formula is C17H20N2O. The molecule has 0 bridgehead atoms. The molecule has 2 aromatic rings. The molecule has 20 heavy (non-hydrogen) atoms. The minimum atomic E-state index is 0.166. The number of aromatic nitrogens is 1. The molecule has 3 rings (SSSR count). The SMILES string of the molecule is O=C(C[C@@H]1CCc2ccccc21)NCCn1cccc1. The van der Waals surface area contributed by atoms with E-state index in [1.54, 1.807) is 0 Å². The van der Waals surface area contributed by atoms with Crippen LogP contribution in [-0.2, 0) is 17.8 Å². The summed E-state index contributed by atoms with van der Waals surface area (Å²) in [5.41, 5.74) is 2.78. The van der Waals surface area contributed by atoms with Gasteiger partial charge in [0.2, 0.25) is 5.91 Å². The highest BCUT2D eigenvalue weighted by Crippen LogP contribution is 2.34. The van der Waals surface area contributed by atoms with E-state index >= 15 is 0 Å². The number of hydrogen-bond acceptors (Lipinski definition) is 1. The predicted molar refractivity (Wildman–Crippen MR) is 79.6 cm³/mol. The average molecular weight is 268 g/mol. The minimum Gasteiger partial charge on any atom is -0.354 e. The van der Waals surface area contributed by atoms with Gasteiger partial charge in [-0.25, -0.2) is 0 Å². The Kier molecular flexibility index (Phi) is 3.86. The van der Waals surface area contributed by atoms with E-state index in [1.165, 1.54) is 11.1 Å². The van der Waals surface area contributed by atoms with Gasteiger partial charge in [0.25, 0.3) is 0 Å². The number of hydrogen-bond donors (Lipinski definition) is 1. The predicted octanol–water partition coefficient (Wildman–Crippen LogP) is 2.72. The Morgan fingerprint density at radius 1 is 1.20 bits per heavy atom. The van der Waals surface area contributed by atoms with Crippen LogP contribution in [0.25, 0.3) is 0 Å².